The van der Waals surface area contributed by atoms with Gasteiger partial charge in [-0.15, -0.1) is 11.3 Å². The topological polar surface area (TPSA) is 57.8 Å². The van der Waals surface area contributed by atoms with Crippen molar-refractivity contribution in [1.29, 1.82) is 0 Å². The molecule has 114 valence electrons. The van der Waals surface area contributed by atoms with Gasteiger partial charge in [0.05, 0.1) is 5.52 Å². The zero-order valence-electron chi connectivity index (χ0n) is 12.8. The molecular weight excluding hydrogens is 294 g/mol. The van der Waals surface area contributed by atoms with Crippen molar-refractivity contribution in [2.75, 3.05) is 11.9 Å². The van der Waals surface area contributed by atoms with Gasteiger partial charge in [0, 0.05) is 11.4 Å². The number of aryl methyl sites for hydroxylation is 1. The van der Waals surface area contributed by atoms with Gasteiger partial charge in [-0.25, -0.2) is 4.98 Å². The summed E-state index contributed by atoms with van der Waals surface area (Å²) >= 11 is 1.49. The molecule has 0 amide bonds. The molecule has 0 aliphatic carbocycles. The predicted molar refractivity (Wildman–Crippen MR) is 93.8 cm³/mol. The highest BCUT2D eigenvalue weighted by Gasteiger charge is 2.10. The SMILES string of the molecule is CCCCNc1nc2cc(-c3ccc(C)cc3)sc2c(=O)[nH]1. The van der Waals surface area contributed by atoms with E-state index in [1.807, 2.05) is 6.07 Å². The molecule has 0 unspecified atom stereocenters. The summed E-state index contributed by atoms with van der Waals surface area (Å²) in [5.74, 6) is 0.555. The summed E-state index contributed by atoms with van der Waals surface area (Å²) in [6, 6.07) is 10.3. The van der Waals surface area contributed by atoms with Crippen LogP contribution in [0.1, 0.15) is 25.3 Å². The molecule has 0 atom stereocenters. The summed E-state index contributed by atoms with van der Waals surface area (Å²) in [5, 5.41) is 3.17. The van der Waals surface area contributed by atoms with Gasteiger partial charge in [-0.2, -0.15) is 0 Å². The Bertz CT molecular complexity index is 833. The lowest BCUT2D eigenvalue weighted by atomic mass is 10.1. The molecule has 0 aliphatic heterocycles. The molecule has 22 heavy (non-hydrogen) atoms. The molecule has 0 radical (unpaired) electrons. The molecule has 0 bridgehead atoms. The fraction of sp³-hybridized carbons (Fsp3) is 0.294. The molecule has 5 heteroatoms. The molecule has 0 aliphatic rings. The number of benzene rings is 1. The van der Waals surface area contributed by atoms with Gasteiger partial charge in [-0.3, -0.25) is 9.78 Å². The van der Waals surface area contributed by atoms with E-state index in [0.29, 0.717) is 10.6 Å². The van der Waals surface area contributed by atoms with Gasteiger partial charge in [-0.1, -0.05) is 43.2 Å². The van der Waals surface area contributed by atoms with E-state index in [9.17, 15) is 4.79 Å². The molecular formula is C17H19N3OS. The van der Waals surface area contributed by atoms with Crippen molar-refractivity contribution in [3.63, 3.8) is 0 Å². The number of nitrogens with one attached hydrogen (secondary N) is 2. The minimum atomic E-state index is -0.0765. The minimum absolute atomic E-state index is 0.0765. The van der Waals surface area contributed by atoms with Gasteiger partial charge in [0.25, 0.3) is 5.56 Å². The summed E-state index contributed by atoms with van der Waals surface area (Å²) in [5.41, 5.74) is 3.02. The smallest absolute Gasteiger partial charge is 0.270 e. The average molecular weight is 313 g/mol. The van der Waals surface area contributed by atoms with Crippen LogP contribution < -0.4 is 10.9 Å². The number of aromatic nitrogens is 2. The summed E-state index contributed by atoms with van der Waals surface area (Å²) in [6.45, 7) is 5.02. The summed E-state index contributed by atoms with van der Waals surface area (Å²) in [7, 11) is 0. The number of fused-ring (bicyclic) bond motifs is 1. The Kier molecular flexibility index (Phi) is 4.24. The van der Waals surface area contributed by atoms with Crippen LogP contribution in [0, 0.1) is 6.92 Å². The van der Waals surface area contributed by atoms with Crippen molar-refractivity contribution in [2.45, 2.75) is 26.7 Å². The lowest BCUT2D eigenvalue weighted by Crippen LogP contribution is -2.12. The Morgan fingerprint density at radius 3 is 2.77 bits per heavy atom. The Hall–Kier alpha value is -2.14. The first-order valence-electron chi connectivity index (χ1n) is 7.52. The standard InChI is InChI=1S/C17H19N3OS/c1-3-4-9-18-17-19-13-10-14(22-15(13)16(21)20-17)12-7-5-11(2)6-8-12/h5-8,10H,3-4,9H2,1-2H3,(H2,18,19,20,21). The molecule has 2 heterocycles. The summed E-state index contributed by atoms with van der Waals surface area (Å²) in [4.78, 5) is 20.6. The van der Waals surface area contributed by atoms with E-state index in [1.54, 1.807) is 0 Å². The lowest BCUT2D eigenvalue weighted by molar-refractivity contribution is 0.826. The molecule has 0 spiro atoms. The van der Waals surface area contributed by atoms with Gasteiger partial charge in [0.2, 0.25) is 5.95 Å². The van der Waals surface area contributed by atoms with Gasteiger partial charge in [-0.05, 0) is 25.0 Å². The van der Waals surface area contributed by atoms with Crippen LogP contribution in [-0.4, -0.2) is 16.5 Å². The maximum atomic E-state index is 12.2. The second-order valence-corrected chi connectivity index (χ2v) is 6.44. The van der Waals surface area contributed by atoms with E-state index >= 15 is 0 Å². The Balaban J connectivity index is 1.97. The molecule has 3 aromatic rings. The first-order valence-corrected chi connectivity index (χ1v) is 8.34. The van der Waals surface area contributed by atoms with E-state index < -0.39 is 0 Å². The quantitative estimate of drug-likeness (QED) is 0.695. The van der Waals surface area contributed by atoms with Crippen molar-refractivity contribution in [3.05, 3.63) is 46.2 Å². The fourth-order valence-corrected chi connectivity index (χ4v) is 3.26. The first kappa shape index (κ1) is 14.8. The van der Waals surface area contributed by atoms with Gasteiger partial charge >= 0.3 is 0 Å². The van der Waals surface area contributed by atoms with Crippen molar-refractivity contribution in [2.24, 2.45) is 0 Å². The van der Waals surface area contributed by atoms with E-state index in [4.69, 9.17) is 0 Å². The molecule has 2 N–H and O–H groups in total. The van der Waals surface area contributed by atoms with Crippen molar-refractivity contribution < 1.29 is 0 Å². The Morgan fingerprint density at radius 2 is 2.05 bits per heavy atom. The second-order valence-electron chi connectivity index (χ2n) is 5.39. The number of anilines is 1. The molecule has 0 saturated heterocycles. The van der Waals surface area contributed by atoms with Crippen LogP contribution in [0.4, 0.5) is 5.95 Å². The first-order chi connectivity index (χ1) is 10.7. The highest BCUT2D eigenvalue weighted by Crippen LogP contribution is 2.31. The Morgan fingerprint density at radius 1 is 1.27 bits per heavy atom. The number of rotatable bonds is 5. The molecule has 1 aromatic carbocycles. The predicted octanol–water partition coefficient (Wildman–Crippen LogP) is 4.17. The average Bonchev–Trinajstić information content (AvgIpc) is 2.93. The van der Waals surface area contributed by atoms with E-state index in [-0.39, 0.29) is 5.56 Å². The minimum Gasteiger partial charge on any atom is -0.356 e. The van der Waals surface area contributed by atoms with Crippen molar-refractivity contribution in [3.8, 4) is 10.4 Å². The number of aromatic amines is 1. The van der Waals surface area contributed by atoms with Crippen molar-refractivity contribution >= 4 is 27.5 Å². The van der Waals surface area contributed by atoms with Gasteiger partial charge in [0.1, 0.15) is 4.70 Å². The number of hydrogen-bond donors (Lipinski definition) is 2. The summed E-state index contributed by atoms with van der Waals surface area (Å²) < 4.78 is 0.677. The number of nitrogens with zero attached hydrogens (tertiary/aromatic N) is 1. The molecule has 3 rings (SSSR count). The molecule has 4 nitrogen and oxygen atoms in total. The number of unbranched alkanes of at least 4 members (excludes halogenated alkanes) is 1. The lowest BCUT2D eigenvalue weighted by Gasteiger charge is -2.03. The normalized spacial score (nSPS) is 11.0. The molecule has 0 saturated carbocycles. The third-order valence-corrected chi connectivity index (χ3v) is 4.71. The maximum Gasteiger partial charge on any atom is 0.270 e. The van der Waals surface area contributed by atoms with Crippen LogP contribution in [0.3, 0.4) is 0 Å². The van der Waals surface area contributed by atoms with Crippen LogP contribution in [0.25, 0.3) is 20.7 Å². The highest BCUT2D eigenvalue weighted by molar-refractivity contribution is 7.22. The second kappa shape index (κ2) is 6.32. The number of hydrogen-bond acceptors (Lipinski definition) is 4. The van der Waals surface area contributed by atoms with E-state index in [0.717, 1.165) is 35.3 Å². The van der Waals surface area contributed by atoms with Crippen LogP contribution in [-0.2, 0) is 0 Å². The zero-order valence-corrected chi connectivity index (χ0v) is 13.6. The molecule has 0 fully saturated rings. The Labute approximate surface area is 133 Å². The van der Waals surface area contributed by atoms with Crippen LogP contribution in [0.5, 0.6) is 0 Å². The highest BCUT2D eigenvalue weighted by atomic mass is 32.1. The number of H-pyrrole nitrogens is 1. The van der Waals surface area contributed by atoms with Crippen molar-refractivity contribution in [1.82, 2.24) is 9.97 Å². The summed E-state index contributed by atoms with van der Waals surface area (Å²) in [6.07, 6.45) is 2.16. The third kappa shape index (κ3) is 3.04. The fourth-order valence-electron chi connectivity index (χ4n) is 2.27. The largest absolute Gasteiger partial charge is 0.356 e. The number of thiophene rings is 1. The van der Waals surface area contributed by atoms with Gasteiger partial charge in [0.15, 0.2) is 0 Å². The molecule has 2 aromatic heterocycles. The third-order valence-electron chi connectivity index (χ3n) is 3.54. The van der Waals surface area contributed by atoms with E-state index in [1.165, 1.54) is 16.9 Å². The van der Waals surface area contributed by atoms with E-state index in [2.05, 4.69) is 53.4 Å². The van der Waals surface area contributed by atoms with Crippen LogP contribution >= 0.6 is 11.3 Å². The zero-order chi connectivity index (χ0) is 15.5. The van der Waals surface area contributed by atoms with Crippen LogP contribution in [0.2, 0.25) is 0 Å². The monoisotopic (exact) mass is 313 g/mol. The van der Waals surface area contributed by atoms with Gasteiger partial charge < -0.3 is 5.32 Å². The maximum absolute atomic E-state index is 12.2. The van der Waals surface area contributed by atoms with Crippen LogP contribution in [0.15, 0.2) is 35.1 Å².